The molecule has 3 aliphatic rings. The first-order valence-corrected chi connectivity index (χ1v) is 10.7. The number of para-hydroxylation sites is 1. The topological polar surface area (TPSA) is 75.6 Å². The highest BCUT2D eigenvalue weighted by atomic mass is 16.6. The molecule has 3 amide bonds. The maximum atomic E-state index is 13.3. The van der Waals surface area contributed by atoms with Crippen LogP contribution in [0.2, 0.25) is 0 Å². The fraction of sp³-hybridized carbons (Fsp3) is 0.391. The van der Waals surface area contributed by atoms with Crippen LogP contribution in [0.25, 0.3) is 0 Å². The van der Waals surface area contributed by atoms with Crippen LogP contribution in [0.5, 0.6) is 11.5 Å². The van der Waals surface area contributed by atoms with Crippen LogP contribution in [0.1, 0.15) is 12.5 Å². The molecule has 0 spiro atoms. The predicted octanol–water partition coefficient (Wildman–Crippen LogP) is 0.587. The third-order valence-electron chi connectivity index (χ3n) is 6.37. The number of quaternary nitrogens is 1. The molecule has 3 heterocycles. The van der Waals surface area contributed by atoms with Gasteiger partial charge in [0.25, 0.3) is 5.91 Å². The Kier molecular flexibility index (Phi) is 4.94. The van der Waals surface area contributed by atoms with Crippen molar-refractivity contribution in [2.45, 2.75) is 12.5 Å². The van der Waals surface area contributed by atoms with Gasteiger partial charge in [-0.1, -0.05) is 24.3 Å². The number of imide groups is 1. The van der Waals surface area contributed by atoms with E-state index in [9.17, 15) is 9.59 Å². The number of hydrogen-bond donors (Lipinski definition) is 2. The molecule has 0 aromatic heterocycles. The van der Waals surface area contributed by atoms with Gasteiger partial charge in [-0.05, 0) is 36.8 Å². The molecular weight excluding hydrogens is 396 g/mol. The lowest BCUT2D eigenvalue weighted by Crippen LogP contribution is -3.16. The highest BCUT2D eigenvalue weighted by Gasteiger charge is 2.50. The monoisotopic (exact) mass is 423 g/mol. The van der Waals surface area contributed by atoms with Gasteiger partial charge >= 0.3 is 6.03 Å². The SMILES string of the molecule is C[C@@]1(c2ccc3c(c2)OCCO3)NC(=O)N(C[NH+]2CCN(c3ccccc3)CC2)C1=O. The van der Waals surface area contributed by atoms with E-state index in [2.05, 4.69) is 22.3 Å². The maximum Gasteiger partial charge on any atom is 0.329 e. The molecule has 31 heavy (non-hydrogen) atoms. The zero-order chi connectivity index (χ0) is 21.4. The zero-order valence-corrected chi connectivity index (χ0v) is 17.6. The van der Waals surface area contributed by atoms with E-state index in [0.29, 0.717) is 36.9 Å². The summed E-state index contributed by atoms with van der Waals surface area (Å²) in [5.41, 5.74) is 0.794. The lowest BCUT2D eigenvalue weighted by atomic mass is 9.91. The minimum atomic E-state index is -1.11. The molecule has 3 aliphatic heterocycles. The third-order valence-corrected chi connectivity index (χ3v) is 6.37. The lowest BCUT2D eigenvalue weighted by Gasteiger charge is -2.34. The van der Waals surface area contributed by atoms with Crippen molar-refractivity contribution >= 4 is 17.6 Å². The number of anilines is 1. The van der Waals surface area contributed by atoms with E-state index in [0.717, 1.165) is 26.2 Å². The van der Waals surface area contributed by atoms with Gasteiger partial charge in [0, 0.05) is 5.69 Å². The van der Waals surface area contributed by atoms with Crippen molar-refractivity contribution in [3.05, 3.63) is 54.1 Å². The molecule has 8 nitrogen and oxygen atoms in total. The molecule has 0 unspecified atom stereocenters. The summed E-state index contributed by atoms with van der Waals surface area (Å²) >= 11 is 0. The van der Waals surface area contributed by atoms with Gasteiger partial charge in [0.05, 0.1) is 26.2 Å². The number of nitrogens with one attached hydrogen (secondary N) is 2. The highest BCUT2D eigenvalue weighted by Crippen LogP contribution is 2.36. The number of nitrogens with zero attached hydrogens (tertiary/aromatic N) is 2. The number of rotatable bonds is 4. The molecule has 0 aliphatic carbocycles. The number of hydrogen-bond acceptors (Lipinski definition) is 5. The molecule has 0 bridgehead atoms. The Morgan fingerprint density at radius 3 is 2.45 bits per heavy atom. The Hall–Kier alpha value is -3.26. The quantitative estimate of drug-likeness (QED) is 0.704. The number of piperazine rings is 1. The first-order chi connectivity index (χ1) is 15.0. The molecule has 2 N–H and O–H groups in total. The molecular formula is C23H27N4O4+. The van der Waals surface area contributed by atoms with Crippen LogP contribution in [-0.2, 0) is 10.3 Å². The first-order valence-electron chi connectivity index (χ1n) is 10.7. The van der Waals surface area contributed by atoms with E-state index in [-0.39, 0.29) is 11.9 Å². The second-order valence-electron chi connectivity index (χ2n) is 8.38. The van der Waals surface area contributed by atoms with Crippen molar-refractivity contribution in [1.82, 2.24) is 10.2 Å². The number of benzene rings is 2. The normalized spacial score (nSPS) is 23.8. The Morgan fingerprint density at radius 1 is 1.00 bits per heavy atom. The maximum absolute atomic E-state index is 13.3. The molecule has 0 radical (unpaired) electrons. The molecule has 0 saturated carbocycles. The Morgan fingerprint density at radius 2 is 1.71 bits per heavy atom. The Balaban J connectivity index is 1.26. The summed E-state index contributed by atoms with van der Waals surface area (Å²) < 4.78 is 11.2. The second kappa shape index (κ2) is 7.77. The van der Waals surface area contributed by atoms with E-state index in [4.69, 9.17) is 9.47 Å². The predicted molar refractivity (Wildman–Crippen MR) is 114 cm³/mol. The smallest absolute Gasteiger partial charge is 0.329 e. The molecule has 5 rings (SSSR count). The summed E-state index contributed by atoms with van der Waals surface area (Å²) in [6.45, 7) is 6.62. The number of ether oxygens (including phenoxy) is 2. The van der Waals surface area contributed by atoms with Crippen molar-refractivity contribution in [3.8, 4) is 11.5 Å². The van der Waals surface area contributed by atoms with Crippen molar-refractivity contribution in [1.29, 1.82) is 0 Å². The number of fused-ring (bicyclic) bond motifs is 1. The van der Waals surface area contributed by atoms with Gasteiger partial charge in [-0.2, -0.15) is 0 Å². The van der Waals surface area contributed by atoms with Gasteiger partial charge in [0.1, 0.15) is 18.8 Å². The van der Waals surface area contributed by atoms with E-state index >= 15 is 0 Å². The molecule has 1 atom stereocenters. The van der Waals surface area contributed by atoms with Crippen LogP contribution < -0.4 is 24.6 Å². The fourth-order valence-corrected chi connectivity index (χ4v) is 4.49. The zero-order valence-electron chi connectivity index (χ0n) is 17.6. The van der Waals surface area contributed by atoms with Gasteiger partial charge in [0.2, 0.25) is 0 Å². The summed E-state index contributed by atoms with van der Waals surface area (Å²) in [7, 11) is 0. The Bertz CT molecular complexity index is 990. The summed E-state index contributed by atoms with van der Waals surface area (Å²) in [5.74, 6) is 1.04. The minimum absolute atomic E-state index is 0.229. The van der Waals surface area contributed by atoms with Gasteiger partial charge in [-0.25, -0.2) is 9.69 Å². The summed E-state index contributed by atoms with van der Waals surface area (Å²) in [6.07, 6.45) is 0. The van der Waals surface area contributed by atoms with E-state index in [1.807, 2.05) is 24.3 Å². The van der Waals surface area contributed by atoms with Crippen molar-refractivity contribution in [3.63, 3.8) is 0 Å². The van der Waals surface area contributed by atoms with Crippen LogP contribution in [-0.4, -0.2) is 62.9 Å². The van der Waals surface area contributed by atoms with E-state index < -0.39 is 5.54 Å². The third kappa shape index (κ3) is 3.57. The van der Waals surface area contributed by atoms with Crippen molar-refractivity contribution in [2.24, 2.45) is 0 Å². The summed E-state index contributed by atoms with van der Waals surface area (Å²) in [6, 6.07) is 15.4. The highest BCUT2D eigenvalue weighted by molar-refractivity contribution is 6.07. The van der Waals surface area contributed by atoms with Crippen molar-refractivity contribution in [2.75, 3.05) is 51.0 Å². The van der Waals surface area contributed by atoms with Gasteiger partial charge in [-0.15, -0.1) is 0 Å². The van der Waals surface area contributed by atoms with Gasteiger partial charge < -0.3 is 24.6 Å². The molecule has 2 aromatic carbocycles. The van der Waals surface area contributed by atoms with E-state index in [1.54, 1.807) is 19.1 Å². The number of carbonyl (C=O) groups excluding carboxylic acids is 2. The van der Waals surface area contributed by atoms with Crippen LogP contribution in [0.4, 0.5) is 10.5 Å². The summed E-state index contributed by atoms with van der Waals surface area (Å²) in [5, 5.41) is 2.89. The van der Waals surface area contributed by atoms with Crippen LogP contribution in [0, 0.1) is 0 Å². The summed E-state index contributed by atoms with van der Waals surface area (Å²) in [4.78, 5) is 31.0. The Labute approximate surface area is 181 Å². The van der Waals surface area contributed by atoms with Gasteiger partial charge in [0.15, 0.2) is 18.2 Å². The second-order valence-corrected chi connectivity index (χ2v) is 8.38. The number of carbonyl (C=O) groups is 2. The van der Waals surface area contributed by atoms with Crippen LogP contribution in [0.3, 0.4) is 0 Å². The van der Waals surface area contributed by atoms with Gasteiger partial charge in [-0.3, -0.25) is 4.79 Å². The minimum Gasteiger partial charge on any atom is -0.486 e. The van der Waals surface area contributed by atoms with Crippen LogP contribution in [0.15, 0.2) is 48.5 Å². The lowest BCUT2D eigenvalue weighted by molar-refractivity contribution is -0.907. The average Bonchev–Trinajstić information content (AvgIpc) is 3.03. The molecule has 2 saturated heterocycles. The largest absolute Gasteiger partial charge is 0.486 e. The number of urea groups is 1. The molecule has 8 heteroatoms. The van der Waals surface area contributed by atoms with Crippen molar-refractivity contribution < 1.29 is 24.0 Å². The number of amides is 3. The first kappa shape index (κ1) is 19.7. The van der Waals surface area contributed by atoms with E-state index in [1.165, 1.54) is 15.5 Å². The molecule has 162 valence electrons. The molecule has 2 aromatic rings. The molecule has 2 fully saturated rings. The standard InChI is InChI=1S/C23H26N4O4/c1-23(17-7-8-19-20(15-17)31-14-13-30-19)21(28)27(22(29)24-23)16-25-9-11-26(12-10-25)18-5-3-2-4-6-18/h2-8,15H,9-14,16H2,1H3,(H,24,29)/p+1/t23-/m0/s1. The average molecular weight is 423 g/mol. The fourth-order valence-electron chi connectivity index (χ4n) is 4.49. The van der Waals surface area contributed by atoms with Crippen LogP contribution >= 0.6 is 0 Å².